The fourth-order valence-electron chi connectivity index (χ4n) is 2.86. The molecule has 0 aliphatic carbocycles. The fraction of sp³-hybridized carbons (Fsp3) is 0.263. The second-order valence-electron chi connectivity index (χ2n) is 6.05. The Balaban J connectivity index is 1.78. The number of carbonyl (C=O) groups excluding carboxylic acids is 2. The van der Waals surface area contributed by atoms with Crippen LogP contribution in [-0.2, 0) is 9.59 Å². The van der Waals surface area contributed by atoms with Crippen LogP contribution in [0, 0.1) is 12.8 Å². The molecule has 1 amide bonds. The third-order valence-corrected chi connectivity index (χ3v) is 5.01. The second kappa shape index (κ2) is 7.56. The van der Waals surface area contributed by atoms with Gasteiger partial charge in [-0.1, -0.05) is 35.3 Å². The first-order valence-corrected chi connectivity index (χ1v) is 8.77. The molecule has 7 heteroatoms. The number of aryl methyl sites for hydroxylation is 1. The van der Waals surface area contributed by atoms with E-state index in [0.29, 0.717) is 16.5 Å². The Kier molecular flexibility index (Phi) is 5.39. The van der Waals surface area contributed by atoms with Gasteiger partial charge in [-0.15, -0.1) is 0 Å². The van der Waals surface area contributed by atoms with E-state index in [1.165, 1.54) is 0 Å². The summed E-state index contributed by atoms with van der Waals surface area (Å²) in [5.41, 5.74) is 1.64. The molecule has 1 saturated heterocycles. The number of anilines is 1. The van der Waals surface area contributed by atoms with Gasteiger partial charge in [0.05, 0.1) is 23.7 Å². The van der Waals surface area contributed by atoms with Crippen LogP contribution < -0.4 is 14.4 Å². The molecule has 0 bridgehead atoms. The average Bonchev–Trinajstić information content (AvgIpc) is 3.00. The third-order valence-electron chi connectivity index (χ3n) is 4.21. The van der Waals surface area contributed by atoms with Gasteiger partial charge in [-0.05, 0) is 36.8 Å². The number of hydrogen-bond acceptors (Lipinski definition) is 4. The molecule has 1 fully saturated rings. The average molecular weight is 394 g/mol. The number of carbonyl (C=O) groups is 2. The lowest BCUT2D eigenvalue weighted by atomic mass is 10.1. The summed E-state index contributed by atoms with van der Waals surface area (Å²) in [6, 6.07) is 10.4. The van der Waals surface area contributed by atoms with Crippen LogP contribution in [0.2, 0.25) is 10.0 Å². The Morgan fingerprint density at radius 2 is 1.96 bits per heavy atom. The third kappa shape index (κ3) is 3.64. The van der Waals surface area contributed by atoms with E-state index >= 15 is 0 Å². The normalized spacial score (nSPS) is 16.7. The SMILES string of the molecule is COc1ccc(C)cc1N1C[C@H](C(=O)Oc2cccc(Cl)c2Cl)CC1=O. The smallest absolute Gasteiger partial charge is 0.316 e. The van der Waals surface area contributed by atoms with Crippen LogP contribution in [0.4, 0.5) is 5.69 Å². The fourth-order valence-corrected chi connectivity index (χ4v) is 3.19. The van der Waals surface area contributed by atoms with E-state index in [0.717, 1.165) is 5.56 Å². The lowest BCUT2D eigenvalue weighted by Gasteiger charge is -2.20. The molecular weight excluding hydrogens is 377 g/mol. The van der Waals surface area contributed by atoms with Crippen LogP contribution in [0.15, 0.2) is 36.4 Å². The Morgan fingerprint density at radius 3 is 2.69 bits per heavy atom. The zero-order valence-corrected chi connectivity index (χ0v) is 15.8. The van der Waals surface area contributed by atoms with Gasteiger partial charge >= 0.3 is 5.97 Å². The Bertz CT molecular complexity index is 869. The highest BCUT2D eigenvalue weighted by Crippen LogP contribution is 2.36. The van der Waals surface area contributed by atoms with Crippen molar-refractivity contribution in [1.82, 2.24) is 0 Å². The molecule has 3 rings (SSSR count). The zero-order valence-electron chi connectivity index (χ0n) is 14.3. The molecule has 1 aliphatic rings. The van der Waals surface area contributed by atoms with Gasteiger partial charge in [0.2, 0.25) is 5.91 Å². The number of benzene rings is 2. The van der Waals surface area contributed by atoms with Gasteiger partial charge in [-0.25, -0.2) is 0 Å². The summed E-state index contributed by atoms with van der Waals surface area (Å²) in [4.78, 5) is 26.5. The van der Waals surface area contributed by atoms with Crippen molar-refractivity contribution < 1.29 is 19.1 Å². The molecule has 2 aromatic rings. The molecule has 0 unspecified atom stereocenters. The van der Waals surface area contributed by atoms with E-state index in [2.05, 4.69) is 0 Å². The summed E-state index contributed by atoms with van der Waals surface area (Å²) >= 11 is 12.0. The molecule has 26 heavy (non-hydrogen) atoms. The molecular formula is C19H17Cl2NO4. The first-order chi connectivity index (χ1) is 12.4. The molecule has 5 nitrogen and oxygen atoms in total. The minimum absolute atomic E-state index is 0.0636. The number of ether oxygens (including phenoxy) is 2. The van der Waals surface area contributed by atoms with Gasteiger partial charge in [0.15, 0.2) is 5.75 Å². The molecule has 136 valence electrons. The molecule has 1 heterocycles. The zero-order chi connectivity index (χ0) is 18.8. The highest BCUT2D eigenvalue weighted by atomic mass is 35.5. The highest BCUT2D eigenvalue weighted by molar-refractivity contribution is 6.43. The predicted molar refractivity (Wildman–Crippen MR) is 100 cm³/mol. The summed E-state index contributed by atoms with van der Waals surface area (Å²) in [5.74, 6) is -0.508. The molecule has 0 aromatic heterocycles. The lowest BCUT2D eigenvalue weighted by molar-refractivity contribution is -0.139. The van der Waals surface area contributed by atoms with Gasteiger partial charge in [0.25, 0.3) is 0 Å². The van der Waals surface area contributed by atoms with Gasteiger partial charge in [0, 0.05) is 13.0 Å². The van der Waals surface area contributed by atoms with Crippen molar-refractivity contribution in [1.29, 1.82) is 0 Å². The standard InChI is InChI=1S/C19H17Cl2NO4/c1-11-6-7-15(25-2)14(8-11)22-10-12(9-17(22)23)19(24)26-16-5-3-4-13(20)18(16)21/h3-8,12H,9-10H2,1-2H3/t12-/m1/s1. The van der Waals surface area contributed by atoms with E-state index < -0.39 is 11.9 Å². The number of nitrogens with zero attached hydrogens (tertiary/aromatic N) is 1. The first kappa shape index (κ1) is 18.5. The maximum absolute atomic E-state index is 12.5. The summed E-state index contributed by atoms with van der Waals surface area (Å²) in [5, 5.41) is 0.467. The van der Waals surface area contributed by atoms with Gasteiger partial charge in [0.1, 0.15) is 10.8 Å². The number of amides is 1. The van der Waals surface area contributed by atoms with Crippen LogP contribution in [0.1, 0.15) is 12.0 Å². The Labute approximate surface area is 161 Å². The summed E-state index contributed by atoms with van der Waals surface area (Å²) in [6.45, 7) is 2.14. The van der Waals surface area contributed by atoms with Gasteiger partial charge in [-0.3, -0.25) is 9.59 Å². The number of hydrogen-bond donors (Lipinski definition) is 0. The summed E-state index contributed by atoms with van der Waals surface area (Å²) < 4.78 is 10.7. The topological polar surface area (TPSA) is 55.8 Å². The number of rotatable bonds is 4. The number of esters is 1. The van der Waals surface area contributed by atoms with Crippen molar-refractivity contribution in [2.75, 3.05) is 18.6 Å². The molecule has 1 aliphatic heterocycles. The first-order valence-electron chi connectivity index (χ1n) is 8.01. The van der Waals surface area contributed by atoms with E-state index in [-0.39, 0.29) is 29.6 Å². The van der Waals surface area contributed by atoms with E-state index in [9.17, 15) is 9.59 Å². The number of methoxy groups -OCH3 is 1. The van der Waals surface area contributed by atoms with Crippen LogP contribution in [0.25, 0.3) is 0 Å². The second-order valence-corrected chi connectivity index (χ2v) is 6.84. The molecule has 2 aromatic carbocycles. The maximum atomic E-state index is 12.5. The summed E-state index contributed by atoms with van der Waals surface area (Å²) in [6.07, 6.45) is 0.0636. The van der Waals surface area contributed by atoms with Crippen molar-refractivity contribution >= 4 is 40.8 Å². The van der Waals surface area contributed by atoms with E-state index in [1.807, 2.05) is 19.1 Å². The number of halogens is 2. The van der Waals surface area contributed by atoms with Crippen molar-refractivity contribution in [2.45, 2.75) is 13.3 Å². The minimum atomic E-state index is -0.595. The largest absolute Gasteiger partial charge is 0.495 e. The highest BCUT2D eigenvalue weighted by Gasteiger charge is 2.37. The van der Waals surface area contributed by atoms with Gasteiger partial charge < -0.3 is 14.4 Å². The lowest BCUT2D eigenvalue weighted by Crippen LogP contribution is -2.27. The van der Waals surface area contributed by atoms with Crippen LogP contribution in [0.5, 0.6) is 11.5 Å². The van der Waals surface area contributed by atoms with Crippen LogP contribution in [-0.4, -0.2) is 25.5 Å². The van der Waals surface area contributed by atoms with Crippen molar-refractivity contribution in [2.24, 2.45) is 5.92 Å². The Hall–Kier alpha value is -2.24. The monoisotopic (exact) mass is 393 g/mol. The molecule has 0 saturated carbocycles. The Morgan fingerprint density at radius 1 is 1.19 bits per heavy atom. The molecule has 0 N–H and O–H groups in total. The molecule has 1 atom stereocenters. The maximum Gasteiger partial charge on any atom is 0.316 e. The van der Waals surface area contributed by atoms with Crippen LogP contribution in [0.3, 0.4) is 0 Å². The predicted octanol–water partition coefficient (Wildman–Crippen LogP) is 4.27. The molecule has 0 spiro atoms. The van der Waals surface area contributed by atoms with Crippen molar-refractivity contribution in [3.05, 3.63) is 52.0 Å². The van der Waals surface area contributed by atoms with E-state index in [4.69, 9.17) is 32.7 Å². The van der Waals surface area contributed by atoms with Gasteiger partial charge in [-0.2, -0.15) is 0 Å². The molecule has 0 radical (unpaired) electrons. The van der Waals surface area contributed by atoms with Crippen LogP contribution >= 0.6 is 23.2 Å². The van der Waals surface area contributed by atoms with Crippen molar-refractivity contribution in [3.8, 4) is 11.5 Å². The minimum Gasteiger partial charge on any atom is -0.495 e. The van der Waals surface area contributed by atoms with Crippen molar-refractivity contribution in [3.63, 3.8) is 0 Å². The summed E-state index contributed by atoms with van der Waals surface area (Å²) in [7, 11) is 1.54. The van der Waals surface area contributed by atoms with E-state index in [1.54, 1.807) is 36.3 Å². The quantitative estimate of drug-likeness (QED) is 0.574.